The second-order valence-corrected chi connectivity index (χ2v) is 9.94. The van der Waals surface area contributed by atoms with Crippen molar-refractivity contribution in [2.75, 3.05) is 19.8 Å². The number of aliphatic hydroxyl groups is 1. The van der Waals surface area contributed by atoms with Crippen molar-refractivity contribution in [3.8, 4) is 16.7 Å². The molecule has 0 spiro atoms. The quantitative estimate of drug-likeness (QED) is 0.311. The minimum Gasteiger partial charge on any atom is -0.493 e. The zero-order chi connectivity index (χ0) is 26.2. The van der Waals surface area contributed by atoms with E-state index in [9.17, 15) is 9.59 Å². The van der Waals surface area contributed by atoms with Crippen LogP contribution in [0.4, 0.5) is 0 Å². The molecule has 1 atom stereocenters. The summed E-state index contributed by atoms with van der Waals surface area (Å²) in [4.78, 5) is 33.7. The fourth-order valence-corrected chi connectivity index (χ4v) is 4.07. The van der Waals surface area contributed by atoms with Gasteiger partial charge in [-0.3, -0.25) is 14.6 Å². The Kier molecular flexibility index (Phi) is 9.10. The molecule has 4 rings (SSSR count). The number of halogens is 1. The van der Waals surface area contributed by atoms with E-state index < -0.39 is 5.91 Å². The molecule has 194 valence electrons. The number of rotatable bonds is 12. The first-order chi connectivity index (χ1) is 17.9. The van der Waals surface area contributed by atoms with Crippen LogP contribution in [0, 0.1) is 5.92 Å². The number of thiazole rings is 1. The van der Waals surface area contributed by atoms with Crippen LogP contribution in [0.2, 0.25) is 5.02 Å². The van der Waals surface area contributed by atoms with E-state index in [2.05, 4.69) is 20.6 Å². The molecule has 0 bridgehead atoms. The van der Waals surface area contributed by atoms with E-state index in [1.807, 2.05) is 25.1 Å². The van der Waals surface area contributed by atoms with Crippen LogP contribution in [-0.4, -0.2) is 52.7 Å². The Bertz CT molecular complexity index is 1280. The highest BCUT2D eigenvalue weighted by Gasteiger charge is 2.22. The van der Waals surface area contributed by atoms with Gasteiger partial charge in [-0.15, -0.1) is 0 Å². The Morgan fingerprint density at radius 1 is 1.24 bits per heavy atom. The Morgan fingerprint density at radius 3 is 2.84 bits per heavy atom. The number of aliphatic hydroxyl groups excluding tert-OH is 1. The van der Waals surface area contributed by atoms with Crippen molar-refractivity contribution < 1.29 is 24.2 Å². The predicted molar refractivity (Wildman–Crippen MR) is 141 cm³/mol. The molecule has 37 heavy (non-hydrogen) atoms. The number of benzene rings is 1. The number of hydrogen-bond donors (Lipinski definition) is 3. The zero-order valence-electron chi connectivity index (χ0n) is 20.1. The Hall–Kier alpha value is -3.47. The molecule has 3 N–H and O–H groups in total. The van der Waals surface area contributed by atoms with E-state index in [1.54, 1.807) is 18.3 Å². The van der Waals surface area contributed by atoms with Gasteiger partial charge in [-0.05, 0) is 56.0 Å². The molecule has 2 aromatic heterocycles. The summed E-state index contributed by atoms with van der Waals surface area (Å²) >= 11 is 7.69. The molecule has 1 saturated carbocycles. The Labute approximate surface area is 223 Å². The monoisotopic (exact) mass is 542 g/mol. The number of nitrogens with one attached hydrogen (secondary N) is 2. The maximum absolute atomic E-state index is 12.6. The summed E-state index contributed by atoms with van der Waals surface area (Å²) in [6, 6.07) is 7.97. The molecule has 1 aromatic carbocycles. The minimum absolute atomic E-state index is 0.0991. The van der Waals surface area contributed by atoms with Crippen LogP contribution < -0.4 is 20.1 Å². The Balaban J connectivity index is 1.29. The van der Waals surface area contributed by atoms with Crippen LogP contribution in [0.1, 0.15) is 45.5 Å². The average molecular weight is 543 g/mol. The maximum Gasteiger partial charge on any atom is 0.279 e. The third-order valence-electron chi connectivity index (χ3n) is 5.35. The summed E-state index contributed by atoms with van der Waals surface area (Å²) in [6.07, 6.45) is 9.17. The summed E-state index contributed by atoms with van der Waals surface area (Å²) in [6.45, 7) is 2.47. The molecule has 1 aliphatic rings. The number of aromatic nitrogens is 2. The number of carbonyl (C=O) groups is 2. The molecule has 0 radical (unpaired) electrons. The first-order valence-electron chi connectivity index (χ1n) is 11.8. The molecule has 9 nitrogen and oxygen atoms in total. The van der Waals surface area contributed by atoms with Crippen molar-refractivity contribution in [3.63, 3.8) is 0 Å². The van der Waals surface area contributed by atoms with E-state index in [1.165, 1.54) is 42.5 Å². The first-order valence-corrected chi connectivity index (χ1v) is 13.0. The van der Waals surface area contributed by atoms with E-state index >= 15 is 0 Å². The molecule has 3 aromatic rings. The van der Waals surface area contributed by atoms with E-state index in [0.29, 0.717) is 34.1 Å². The van der Waals surface area contributed by atoms with E-state index in [4.69, 9.17) is 26.2 Å². The van der Waals surface area contributed by atoms with Crippen molar-refractivity contribution in [2.24, 2.45) is 5.92 Å². The highest BCUT2D eigenvalue weighted by Crippen LogP contribution is 2.35. The lowest BCUT2D eigenvalue weighted by Crippen LogP contribution is -2.32. The smallest absolute Gasteiger partial charge is 0.279 e. The topological polar surface area (TPSA) is 123 Å². The van der Waals surface area contributed by atoms with Gasteiger partial charge in [0.2, 0.25) is 0 Å². The number of hydrogen-bond acceptors (Lipinski definition) is 8. The summed E-state index contributed by atoms with van der Waals surface area (Å²) in [7, 11) is 0. The highest BCUT2D eigenvalue weighted by atomic mass is 35.5. The SMILES string of the molecule is C[C@@H](/C=C/c1cnc(Oc2ccc(OCC3CC3)cc2Cl)s1)NC(=O)c1ccnc(C(=O)NCCO)c1. The number of carbonyl (C=O) groups excluding carboxylic acids is 2. The van der Waals surface area contributed by atoms with Crippen molar-refractivity contribution in [1.29, 1.82) is 0 Å². The Morgan fingerprint density at radius 2 is 2.08 bits per heavy atom. The molecule has 0 aliphatic heterocycles. The second-order valence-electron chi connectivity index (χ2n) is 8.51. The first kappa shape index (κ1) is 26.6. The van der Waals surface area contributed by atoms with Crippen molar-refractivity contribution in [1.82, 2.24) is 20.6 Å². The fourth-order valence-electron chi connectivity index (χ4n) is 3.17. The minimum atomic E-state index is -0.459. The van der Waals surface area contributed by atoms with Gasteiger partial charge >= 0.3 is 0 Å². The van der Waals surface area contributed by atoms with Gasteiger partial charge in [0.25, 0.3) is 17.0 Å². The van der Waals surface area contributed by atoms with Gasteiger partial charge in [0, 0.05) is 36.6 Å². The van der Waals surface area contributed by atoms with Gasteiger partial charge in [-0.25, -0.2) is 4.98 Å². The molecule has 2 heterocycles. The van der Waals surface area contributed by atoms with E-state index in [-0.39, 0.29) is 30.8 Å². The number of amides is 2. The lowest BCUT2D eigenvalue weighted by Gasteiger charge is -2.10. The molecule has 1 fully saturated rings. The highest BCUT2D eigenvalue weighted by molar-refractivity contribution is 7.14. The second kappa shape index (κ2) is 12.7. The number of pyridine rings is 1. The van der Waals surface area contributed by atoms with Gasteiger partial charge in [0.05, 0.1) is 23.1 Å². The number of ether oxygens (including phenoxy) is 2. The maximum atomic E-state index is 12.6. The molecule has 1 aliphatic carbocycles. The van der Waals surface area contributed by atoms with Gasteiger partial charge in [0.1, 0.15) is 17.2 Å². The standard InChI is InChI=1S/C26H27ClN4O5S/c1-16(31-24(33)18-8-9-28-22(12-18)25(34)29-10-11-32)2-6-20-14-30-26(37-20)36-23-7-5-19(13-21(23)27)35-15-17-3-4-17/h2,5-9,12-14,16-17,32H,3-4,10-11,15H2,1H3,(H,29,34)(H,31,33)/b6-2+/t16-/m0/s1. The molecule has 2 amide bonds. The largest absolute Gasteiger partial charge is 0.493 e. The predicted octanol–water partition coefficient (Wildman–Crippen LogP) is 4.33. The van der Waals surface area contributed by atoms with E-state index in [0.717, 1.165) is 10.6 Å². The van der Waals surface area contributed by atoms with Crippen molar-refractivity contribution in [2.45, 2.75) is 25.8 Å². The van der Waals surface area contributed by atoms with Crippen LogP contribution in [-0.2, 0) is 0 Å². The molecule has 0 saturated heterocycles. The average Bonchev–Trinajstić information content (AvgIpc) is 3.63. The van der Waals surface area contributed by atoms with Crippen LogP contribution >= 0.6 is 22.9 Å². The zero-order valence-corrected chi connectivity index (χ0v) is 21.7. The molecular formula is C26H27ClN4O5S. The fraction of sp³-hybridized carbons (Fsp3) is 0.308. The van der Waals surface area contributed by atoms with Crippen molar-refractivity contribution in [3.05, 3.63) is 70.0 Å². The van der Waals surface area contributed by atoms with Gasteiger partial charge in [-0.2, -0.15) is 0 Å². The lowest BCUT2D eigenvalue weighted by molar-refractivity contribution is 0.0939. The molecular weight excluding hydrogens is 516 g/mol. The van der Waals surface area contributed by atoms with Crippen LogP contribution in [0.5, 0.6) is 16.7 Å². The number of nitrogens with zero attached hydrogens (tertiary/aromatic N) is 2. The van der Waals surface area contributed by atoms with Crippen LogP contribution in [0.25, 0.3) is 6.08 Å². The van der Waals surface area contributed by atoms with Gasteiger partial charge in [0.15, 0.2) is 0 Å². The third-order valence-corrected chi connectivity index (χ3v) is 6.48. The van der Waals surface area contributed by atoms with Crippen LogP contribution in [0.3, 0.4) is 0 Å². The summed E-state index contributed by atoms with van der Waals surface area (Å²) in [5.74, 6) is 1.07. The van der Waals surface area contributed by atoms with Crippen molar-refractivity contribution >= 4 is 40.8 Å². The molecule has 11 heteroatoms. The normalized spacial score (nSPS) is 13.8. The summed E-state index contributed by atoms with van der Waals surface area (Å²) in [5.41, 5.74) is 0.403. The summed E-state index contributed by atoms with van der Waals surface area (Å²) in [5, 5.41) is 15.1. The van der Waals surface area contributed by atoms with Gasteiger partial charge in [-0.1, -0.05) is 29.0 Å². The van der Waals surface area contributed by atoms with Gasteiger partial charge < -0.3 is 25.2 Å². The third kappa shape index (κ3) is 8.01. The lowest BCUT2D eigenvalue weighted by atomic mass is 10.2. The van der Waals surface area contributed by atoms with Crippen LogP contribution in [0.15, 0.2) is 48.8 Å². The summed E-state index contributed by atoms with van der Waals surface area (Å²) < 4.78 is 11.6. The molecule has 0 unspecified atom stereocenters.